The third-order valence-corrected chi connectivity index (χ3v) is 2.19. The fraction of sp³-hybridized carbons (Fsp3) is 0.429. The molecule has 0 spiro atoms. The highest BCUT2D eigenvalue weighted by atomic mass is 79.9. The summed E-state index contributed by atoms with van der Waals surface area (Å²) in [5.41, 5.74) is 0. The highest BCUT2D eigenvalue weighted by Crippen LogP contribution is 2.19. The van der Waals surface area contributed by atoms with E-state index in [1.807, 2.05) is 0 Å². The summed E-state index contributed by atoms with van der Waals surface area (Å²) in [5.74, 6) is 0.902. The lowest BCUT2D eigenvalue weighted by Crippen LogP contribution is -2.36. The van der Waals surface area contributed by atoms with Crippen molar-refractivity contribution < 1.29 is 0 Å². The van der Waals surface area contributed by atoms with Crippen LogP contribution in [0.2, 0.25) is 0 Å². The topological polar surface area (TPSA) is 37.8 Å². The molecule has 0 unspecified atom stereocenters. The van der Waals surface area contributed by atoms with Crippen LogP contribution in [0.15, 0.2) is 16.9 Å². The van der Waals surface area contributed by atoms with Crippen molar-refractivity contribution >= 4 is 15.9 Å². The Hall–Kier alpha value is -0.480. The molecule has 2 heterocycles. The van der Waals surface area contributed by atoms with Crippen molar-refractivity contribution in [2.24, 2.45) is 0 Å². The van der Waals surface area contributed by atoms with Crippen molar-refractivity contribution in [2.75, 3.05) is 6.54 Å². The Morgan fingerprint density at radius 2 is 2.09 bits per heavy atom. The number of rotatable bonds is 1. The van der Waals surface area contributed by atoms with Crippen molar-refractivity contribution in [3.63, 3.8) is 0 Å². The van der Waals surface area contributed by atoms with Crippen LogP contribution in [0.3, 0.4) is 0 Å². The molecule has 0 bridgehead atoms. The van der Waals surface area contributed by atoms with Gasteiger partial charge in [0.15, 0.2) is 0 Å². The maximum Gasteiger partial charge on any atom is 0.145 e. The molecule has 58 valence electrons. The second kappa shape index (κ2) is 2.87. The Morgan fingerprint density at radius 3 is 2.55 bits per heavy atom. The molecule has 0 saturated carbocycles. The molecular weight excluding hydrogens is 206 g/mol. The number of hydrogen-bond acceptors (Lipinski definition) is 3. The van der Waals surface area contributed by atoms with Crippen LogP contribution in [-0.2, 0) is 0 Å². The molecule has 1 atom stereocenters. The molecule has 1 fully saturated rings. The lowest BCUT2D eigenvalue weighted by molar-refractivity contribution is 0.366. The number of nitrogens with one attached hydrogen (secondary N) is 1. The van der Waals surface area contributed by atoms with Gasteiger partial charge in [0.2, 0.25) is 0 Å². The number of nitrogens with zero attached hydrogens (tertiary/aromatic N) is 2. The van der Waals surface area contributed by atoms with Crippen LogP contribution in [0.4, 0.5) is 0 Å². The van der Waals surface area contributed by atoms with E-state index in [4.69, 9.17) is 0 Å². The zero-order chi connectivity index (χ0) is 7.68. The summed E-state index contributed by atoms with van der Waals surface area (Å²) in [5, 5.41) is 3.24. The molecule has 3 nitrogen and oxygen atoms in total. The third kappa shape index (κ3) is 1.41. The van der Waals surface area contributed by atoms with Gasteiger partial charge in [-0.05, 0) is 28.9 Å². The molecule has 1 saturated heterocycles. The second-order valence-corrected chi connectivity index (χ2v) is 3.47. The highest BCUT2D eigenvalue weighted by Gasteiger charge is 2.20. The average molecular weight is 214 g/mol. The molecule has 1 aromatic heterocycles. The summed E-state index contributed by atoms with van der Waals surface area (Å²) >= 11 is 3.29. The Bertz CT molecular complexity index is 242. The van der Waals surface area contributed by atoms with Crippen molar-refractivity contribution in [3.8, 4) is 0 Å². The molecule has 4 heteroatoms. The van der Waals surface area contributed by atoms with Crippen LogP contribution in [0.25, 0.3) is 0 Å². The van der Waals surface area contributed by atoms with Crippen molar-refractivity contribution in [1.29, 1.82) is 0 Å². The van der Waals surface area contributed by atoms with Gasteiger partial charge < -0.3 is 5.32 Å². The summed E-state index contributed by atoms with van der Waals surface area (Å²) in [4.78, 5) is 8.36. The molecule has 11 heavy (non-hydrogen) atoms. The molecule has 0 aromatic carbocycles. The van der Waals surface area contributed by atoms with E-state index in [1.165, 1.54) is 0 Å². The van der Waals surface area contributed by atoms with E-state index in [2.05, 4.69) is 31.2 Å². The van der Waals surface area contributed by atoms with E-state index < -0.39 is 0 Å². The molecule has 0 aliphatic carbocycles. The normalized spacial score (nSPS) is 22.8. The van der Waals surface area contributed by atoms with E-state index >= 15 is 0 Å². The predicted molar refractivity (Wildman–Crippen MR) is 45.1 cm³/mol. The van der Waals surface area contributed by atoms with E-state index in [1.54, 1.807) is 12.4 Å². The van der Waals surface area contributed by atoms with E-state index in [-0.39, 0.29) is 0 Å². The third-order valence-electron chi connectivity index (χ3n) is 1.78. The fourth-order valence-electron chi connectivity index (χ4n) is 1.01. The van der Waals surface area contributed by atoms with Crippen LogP contribution in [-0.4, -0.2) is 16.5 Å². The second-order valence-electron chi connectivity index (χ2n) is 2.55. The van der Waals surface area contributed by atoms with Gasteiger partial charge in [-0.25, -0.2) is 9.97 Å². The minimum absolute atomic E-state index is 0.392. The smallest absolute Gasteiger partial charge is 0.145 e. The first-order valence-corrected chi connectivity index (χ1v) is 4.36. The van der Waals surface area contributed by atoms with E-state index in [0.29, 0.717) is 6.04 Å². The van der Waals surface area contributed by atoms with Gasteiger partial charge in [-0.1, -0.05) is 0 Å². The standard InChI is InChI=1S/C7H8BrN3/c8-5-3-10-7(11-4-5)6-1-2-9-6/h3-4,6,9H,1-2H2/t6-/m1/s1. The van der Waals surface area contributed by atoms with Crippen molar-refractivity contribution in [3.05, 3.63) is 22.7 Å². The zero-order valence-corrected chi connectivity index (χ0v) is 7.50. The van der Waals surface area contributed by atoms with Gasteiger partial charge in [-0.3, -0.25) is 0 Å². The SMILES string of the molecule is Brc1cnc([C@H]2CCN2)nc1. The summed E-state index contributed by atoms with van der Waals surface area (Å²) in [6, 6.07) is 0.392. The largest absolute Gasteiger partial charge is 0.307 e. The Kier molecular flexibility index (Phi) is 1.87. The molecule has 1 aliphatic rings. The molecule has 0 amide bonds. The van der Waals surface area contributed by atoms with Gasteiger partial charge in [-0.15, -0.1) is 0 Å². The predicted octanol–water partition coefficient (Wildman–Crippen LogP) is 1.27. The van der Waals surface area contributed by atoms with E-state index in [9.17, 15) is 0 Å². The van der Waals surface area contributed by atoms with Gasteiger partial charge in [0.05, 0.1) is 10.5 Å². The Morgan fingerprint density at radius 1 is 1.45 bits per heavy atom. The molecule has 0 radical (unpaired) electrons. The fourth-order valence-corrected chi connectivity index (χ4v) is 1.22. The first-order chi connectivity index (χ1) is 5.36. The number of halogens is 1. The summed E-state index contributed by atoms with van der Waals surface area (Å²) in [6.07, 6.45) is 4.71. The molecule has 1 aliphatic heterocycles. The van der Waals surface area contributed by atoms with Crippen LogP contribution in [0.5, 0.6) is 0 Å². The summed E-state index contributed by atoms with van der Waals surface area (Å²) in [6.45, 7) is 1.09. The van der Waals surface area contributed by atoms with Crippen molar-refractivity contribution in [2.45, 2.75) is 12.5 Å². The van der Waals surface area contributed by atoms with Crippen LogP contribution < -0.4 is 5.32 Å². The molecule has 2 rings (SSSR count). The van der Waals surface area contributed by atoms with Crippen LogP contribution in [0, 0.1) is 0 Å². The molecule has 1 aromatic rings. The monoisotopic (exact) mass is 213 g/mol. The molecular formula is C7H8BrN3. The number of hydrogen-bond donors (Lipinski definition) is 1. The lowest BCUT2D eigenvalue weighted by atomic mass is 10.1. The van der Waals surface area contributed by atoms with Crippen LogP contribution in [0.1, 0.15) is 18.3 Å². The number of aromatic nitrogens is 2. The van der Waals surface area contributed by atoms with Gasteiger partial charge in [0.1, 0.15) is 5.82 Å². The first-order valence-electron chi connectivity index (χ1n) is 3.57. The minimum Gasteiger partial charge on any atom is -0.307 e. The Labute approximate surface area is 73.4 Å². The van der Waals surface area contributed by atoms with Crippen molar-refractivity contribution in [1.82, 2.24) is 15.3 Å². The van der Waals surface area contributed by atoms with Gasteiger partial charge in [0, 0.05) is 12.4 Å². The lowest BCUT2D eigenvalue weighted by Gasteiger charge is -2.25. The maximum absolute atomic E-state index is 4.18. The minimum atomic E-state index is 0.392. The van der Waals surface area contributed by atoms with Gasteiger partial charge in [-0.2, -0.15) is 0 Å². The molecule has 1 N–H and O–H groups in total. The summed E-state index contributed by atoms with van der Waals surface area (Å²) in [7, 11) is 0. The highest BCUT2D eigenvalue weighted by molar-refractivity contribution is 9.10. The van der Waals surface area contributed by atoms with Gasteiger partial charge in [0.25, 0.3) is 0 Å². The maximum atomic E-state index is 4.18. The van der Waals surface area contributed by atoms with E-state index in [0.717, 1.165) is 23.3 Å². The van der Waals surface area contributed by atoms with Crippen LogP contribution >= 0.6 is 15.9 Å². The quantitative estimate of drug-likeness (QED) is 0.764. The Balaban J connectivity index is 2.18. The summed E-state index contributed by atoms with van der Waals surface area (Å²) < 4.78 is 0.931. The first kappa shape index (κ1) is 7.18. The van der Waals surface area contributed by atoms with Gasteiger partial charge >= 0.3 is 0 Å². The zero-order valence-electron chi connectivity index (χ0n) is 5.92. The average Bonchev–Trinajstić information content (AvgIpc) is 1.90.